The Morgan fingerprint density at radius 2 is 1.94 bits per heavy atom. The van der Waals surface area contributed by atoms with Gasteiger partial charge in [-0.2, -0.15) is 0 Å². The summed E-state index contributed by atoms with van der Waals surface area (Å²) in [6.07, 6.45) is 4.04. The first-order valence-corrected chi connectivity index (χ1v) is 7.54. The number of benzene rings is 1. The van der Waals surface area contributed by atoms with Gasteiger partial charge in [0.2, 0.25) is 0 Å². The summed E-state index contributed by atoms with van der Waals surface area (Å²) in [7, 11) is 2.24. The molecule has 2 aliphatic rings. The lowest BCUT2D eigenvalue weighted by atomic mass is 9.71. The van der Waals surface area contributed by atoms with Crippen molar-refractivity contribution in [2.75, 3.05) is 20.1 Å². The molecule has 1 aromatic rings. The van der Waals surface area contributed by atoms with Gasteiger partial charge in [-0.05, 0) is 55.3 Å². The summed E-state index contributed by atoms with van der Waals surface area (Å²) < 4.78 is 0. The van der Waals surface area contributed by atoms with Crippen LogP contribution < -0.4 is 0 Å². The van der Waals surface area contributed by atoms with Crippen LogP contribution in [-0.4, -0.2) is 25.0 Å². The molecule has 0 aromatic heterocycles. The van der Waals surface area contributed by atoms with Gasteiger partial charge in [-0.1, -0.05) is 35.7 Å². The van der Waals surface area contributed by atoms with Crippen LogP contribution >= 0.6 is 23.2 Å². The summed E-state index contributed by atoms with van der Waals surface area (Å²) in [6, 6.07) is 6.19. The van der Waals surface area contributed by atoms with Crippen molar-refractivity contribution < 1.29 is 0 Å². The summed E-state index contributed by atoms with van der Waals surface area (Å²) in [5, 5.41) is 1.36. The maximum Gasteiger partial charge on any atom is 0.0595 e. The Balaban J connectivity index is 1.88. The number of rotatable bonds is 1. The minimum Gasteiger partial charge on any atom is -0.306 e. The van der Waals surface area contributed by atoms with Crippen molar-refractivity contribution in [2.24, 2.45) is 11.8 Å². The summed E-state index contributed by atoms with van der Waals surface area (Å²) in [6.45, 7) is 2.50. The van der Waals surface area contributed by atoms with Crippen LogP contribution in [0.25, 0.3) is 0 Å². The highest BCUT2D eigenvalue weighted by Gasteiger charge is 2.39. The van der Waals surface area contributed by atoms with E-state index in [1.807, 2.05) is 6.07 Å². The molecule has 0 unspecified atom stereocenters. The molecule has 1 aliphatic carbocycles. The van der Waals surface area contributed by atoms with Gasteiger partial charge >= 0.3 is 0 Å². The predicted octanol–water partition coefficient (Wildman–Crippen LogP) is 4.44. The summed E-state index contributed by atoms with van der Waals surface area (Å²) in [5.74, 6) is 2.35. The molecule has 0 N–H and O–H groups in total. The minimum atomic E-state index is 0.663. The number of hydrogen-bond acceptors (Lipinski definition) is 1. The van der Waals surface area contributed by atoms with Crippen LogP contribution in [-0.2, 0) is 0 Å². The third-order valence-electron chi connectivity index (χ3n) is 4.65. The van der Waals surface area contributed by atoms with E-state index in [0.29, 0.717) is 16.0 Å². The molecule has 98 valence electrons. The lowest BCUT2D eigenvalue weighted by molar-refractivity contribution is 0.258. The van der Waals surface area contributed by atoms with Crippen LogP contribution in [0, 0.1) is 11.8 Å². The van der Waals surface area contributed by atoms with Gasteiger partial charge in [0.05, 0.1) is 10.0 Å². The molecule has 3 rings (SSSR count). The standard InChI is InChI=1S/C15H19Cl2N/c1-18-8-11-3-2-4-12(13(11)9-18)10-5-6-14(16)15(17)7-10/h5-7,11-13H,2-4,8-9H2,1H3/t11-,12+,13-/m1/s1. The fourth-order valence-electron chi connectivity index (χ4n) is 3.85. The van der Waals surface area contributed by atoms with Crippen molar-refractivity contribution in [3.8, 4) is 0 Å². The molecular formula is C15H19Cl2N. The first-order chi connectivity index (χ1) is 8.65. The van der Waals surface area contributed by atoms with Gasteiger partial charge in [0.15, 0.2) is 0 Å². The Morgan fingerprint density at radius 1 is 1.11 bits per heavy atom. The van der Waals surface area contributed by atoms with Crippen molar-refractivity contribution in [3.63, 3.8) is 0 Å². The second-order valence-electron chi connectivity index (χ2n) is 5.86. The van der Waals surface area contributed by atoms with Crippen LogP contribution in [0.1, 0.15) is 30.7 Å². The maximum absolute atomic E-state index is 6.16. The lowest BCUT2D eigenvalue weighted by Gasteiger charge is -2.33. The Morgan fingerprint density at radius 3 is 2.72 bits per heavy atom. The highest BCUT2D eigenvalue weighted by Crippen LogP contribution is 2.45. The monoisotopic (exact) mass is 283 g/mol. The Kier molecular flexibility index (Phi) is 3.57. The molecule has 1 saturated carbocycles. The van der Waals surface area contributed by atoms with Crippen LogP contribution in [0.2, 0.25) is 10.0 Å². The molecule has 0 spiro atoms. The van der Waals surface area contributed by atoms with E-state index >= 15 is 0 Å². The molecule has 1 aromatic carbocycles. The number of nitrogens with zero attached hydrogens (tertiary/aromatic N) is 1. The first kappa shape index (κ1) is 12.8. The second kappa shape index (κ2) is 5.03. The van der Waals surface area contributed by atoms with Gasteiger partial charge in [0.1, 0.15) is 0 Å². The number of likely N-dealkylation sites (tertiary alicyclic amines) is 1. The fourth-order valence-corrected chi connectivity index (χ4v) is 4.16. The maximum atomic E-state index is 6.16. The molecule has 0 amide bonds. The molecule has 1 aliphatic heterocycles. The molecule has 0 radical (unpaired) electrons. The molecular weight excluding hydrogens is 265 g/mol. The van der Waals surface area contributed by atoms with Gasteiger partial charge < -0.3 is 4.90 Å². The zero-order chi connectivity index (χ0) is 12.7. The largest absolute Gasteiger partial charge is 0.306 e. The van der Waals surface area contributed by atoms with Crippen LogP contribution in [0.4, 0.5) is 0 Å². The molecule has 3 heteroatoms. The van der Waals surface area contributed by atoms with E-state index < -0.39 is 0 Å². The van der Waals surface area contributed by atoms with Crippen LogP contribution in [0.5, 0.6) is 0 Å². The van der Waals surface area contributed by atoms with E-state index in [4.69, 9.17) is 23.2 Å². The molecule has 2 fully saturated rings. The quantitative estimate of drug-likeness (QED) is 0.737. The highest BCUT2D eigenvalue weighted by atomic mass is 35.5. The lowest BCUT2D eigenvalue weighted by Crippen LogP contribution is -2.25. The predicted molar refractivity (Wildman–Crippen MR) is 77.5 cm³/mol. The molecule has 1 heterocycles. The Hall–Kier alpha value is -0.240. The smallest absolute Gasteiger partial charge is 0.0595 e. The van der Waals surface area contributed by atoms with Gasteiger partial charge in [0.25, 0.3) is 0 Å². The van der Waals surface area contributed by atoms with Crippen molar-refractivity contribution in [2.45, 2.75) is 25.2 Å². The van der Waals surface area contributed by atoms with E-state index in [1.54, 1.807) is 0 Å². The summed E-state index contributed by atoms with van der Waals surface area (Å²) in [4.78, 5) is 2.48. The number of hydrogen-bond donors (Lipinski definition) is 0. The Labute approximate surface area is 119 Å². The topological polar surface area (TPSA) is 3.24 Å². The normalized spacial score (nSPS) is 32.5. The minimum absolute atomic E-state index is 0.663. The van der Waals surface area contributed by atoms with E-state index in [1.165, 1.54) is 37.9 Å². The average molecular weight is 284 g/mol. The van der Waals surface area contributed by atoms with Gasteiger partial charge in [-0.25, -0.2) is 0 Å². The zero-order valence-corrected chi connectivity index (χ0v) is 12.2. The average Bonchev–Trinajstić information content (AvgIpc) is 2.72. The number of fused-ring (bicyclic) bond motifs is 1. The summed E-state index contributed by atoms with van der Waals surface area (Å²) >= 11 is 12.2. The molecule has 0 bridgehead atoms. The van der Waals surface area contributed by atoms with E-state index in [-0.39, 0.29) is 0 Å². The third-order valence-corrected chi connectivity index (χ3v) is 5.39. The Bertz CT molecular complexity index is 446. The highest BCUT2D eigenvalue weighted by molar-refractivity contribution is 6.42. The van der Waals surface area contributed by atoms with Crippen LogP contribution in [0.3, 0.4) is 0 Å². The molecule has 18 heavy (non-hydrogen) atoms. The van der Waals surface area contributed by atoms with Gasteiger partial charge in [0, 0.05) is 13.1 Å². The van der Waals surface area contributed by atoms with Gasteiger partial charge in [-0.15, -0.1) is 0 Å². The second-order valence-corrected chi connectivity index (χ2v) is 6.67. The van der Waals surface area contributed by atoms with Crippen molar-refractivity contribution >= 4 is 23.2 Å². The van der Waals surface area contributed by atoms with E-state index in [9.17, 15) is 0 Å². The molecule has 3 atom stereocenters. The first-order valence-electron chi connectivity index (χ1n) is 6.78. The molecule has 1 saturated heterocycles. The third kappa shape index (κ3) is 2.29. The van der Waals surface area contributed by atoms with Crippen molar-refractivity contribution in [1.29, 1.82) is 0 Å². The molecule has 1 nitrogen and oxygen atoms in total. The van der Waals surface area contributed by atoms with Crippen molar-refractivity contribution in [1.82, 2.24) is 4.90 Å². The number of halogens is 2. The SMILES string of the molecule is CN1C[C@H]2CCC[C@@H](c3ccc(Cl)c(Cl)c3)[C@@H]2C1. The summed E-state index contributed by atoms with van der Waals surface area (Å²) in [5.41, 5.74) is 1.38. The van der Waals surface area contributed by atoms with Gasteiger partial charge in [-0.3, -0.25) is 0 Å². The zero-order valence-electron chi connectivity index (χ0n) is 10.7. The van der Waals surface area contributed by atoms with Crippen LogP contribution in [0.15, 0.2) is 18.2 Å². The fraction of sp³-hybridized carbons (Fsp3) is 0.600. The van der Waals surface area contributed by atoms with E-state index in [0.717, 1.165) is 11.8 Å². The van der Waals surface area contributed by atoms with Crippen molar-refractivity contribution in [3.05, 3.63) is 33.8 Å². The van der Waals surface area contributed by atoms with E-state index in [2.05, 4.69) is 24.1 Å².